The maximum Gasteiger partial charge on any atom is 0.338 e. The van der Waals surface area contributed by atoms with E-state index in [4.69, 9.17) is 4.74 Å². The number of para-hydroxylation sites is 1. The van der Waals surface area contributed by atoms with Crippen molar-refractivity contribution in [1.82, 2.24) is 9.55 Å². The van der Waals surface area contributed by atoms with Crippen LogP contribution in [-0.4, -0.2) is 33.9 Å². The zero-order valence-corrected chi connectivity index (χ0v) is 21.6. The molecule has 0 radical (unpaired) electrons. The summed E-state index contributed by atoms with van der Waals surface area (Å²) < 4.78 is 6.20. The normalized spacial score (nSPS) is 11.7. The molecule has 2 N–H and O–H groups in total. The first-order valence-corrected chi connectivity index (χ1v) is 12.5. The molecule has 0 aliphatic heterocycles. The molecule has 2 amide bonds. The van der Waals surface area contributed by atoms with Crippen molar-refractivity contribution in [1.29, 1.82) is 0 Å². The minimum atomic E-state index is -0.877. The topological polar surface area (TPSA) is 119 Å². The number of hydrogen-bond donors (Lipinski definition) is 2. The standard InChI is InChI=1S/C27H26N4O5S/c1-5-36-27(35)18-10-12-19(13-11-18)29-23(32)17(4)31-14-28-25-21(26(31)34)16(3)22(37-25)24(33)30-20-9-7-6-8-15(20)2/h6-14,17H,5H2,1-4H3,(H,29,32)(H,30,33). The van der Waals surface area contributed by atoms with Gasteiger partial charge in [-0.05, 0) is 69.2 Å². The largest absolute Gasteiger partial charge is 0.462 e. The van der Waals surface area contributed by atoms with Gasteiger partial charge < -0.3 is 15.4 Å². The molecule has 0 fully saturated rings. The van der Waals surface area contributed by atoms with Crippen LogP contribution in [0.4, 0.5) is 11.4 Å². The fraction of sp³-hybridized carbons (Fsp3) is 0.222. The summed E-state index contributed by atoms with van der Waals surface area (Å²) in [6, 6.07) is 12.8. The second kappa shape index (κ2) is 10.8. The highest BCUT2D eigenvalue weighted by Gasteiger charge is 2.23. The van der Waals surface area contributed by atoms with Gasteiger partial charge in [0.1, 0.15) is 10.9 Å². The fourth-order valence-electron chi connectivity index (χ4n) is 3.80. The number of esters is 1. The minimum Gasteiger partial charge on any atom is -0.462 e. The Morgan fingerprint density at radius 3 is 2.43 bits per heavy atom. The van der Waals surface area contributed by atoms with Crippen molar-refractivity contribution in [2.75, 3.05) is 17.2 Å². The summed E-state index contributed by atoms with van der Waals surface area (Å²) >= 11 is 1.13. The predicted octanol–water partition coefficient (Wildman–Crippen LogP) is 4.70. The molecule has 0 saturated carbocycles. The van der Waals surface area contributed by atoms with Crippen LogP contribution in [0.5, 0.6) is 0 Å². The number of nitrogens with one attached hydrogen (secondary N) is 2. The first-order valence-electron chi connectivity index (χ1n) is 11.7. The number of ether oxygens (including phenoxy) is 1. The van der Waals surface area contributed by atoms with E-state index in [-0.39, 0.29) is 12.5 Å². The van der Waals surface area contributed by atoms with Crippen LogP contribution in [0.15, 0.2) is 59.7 Å². The van der Waals surface area contributed by atoms with Gasteiger partial charge >= 0.3 is 5.97 Å². The van der Waals surface area contributed by atoms with E-state index in [9.17, 15) is 19.2 Å². The third-order valence-corrected chi connectivity index (χ3v) is 7.13. The van der Waals surface area contributed by atoms with Crippen molar-refractivity contribution in [3.63, 3.8) is 0 Å². The molecule has 0 aliphatic carbocycles. The van der Waals surface area contributed by atoms with Crippen LogP contribution < -0.4 is 16.2 Å². The van der Waals surface area contributed by atoms with Gasteiger partial charge in [-0.1, -0.05) is 18.2 Å². The molecule has 10 heteroatoms. The number of carbonyl (C=O) groups excluding carboxylic acids is 3. The predicted molar refractivity (Wildman–Crippen MR) is 143 cm³/mol. The smallest absolute Gasteiger partial charge is 0.338 e. The quantitative estimate of drug-likeness (QED) is 0.342. The second-order valence-corrected chi connectivity index (χ2v) is 9.42. The number of hydrogen-bond acceptors (Lipinski definition) is 7. The van der Waals surface area contributed by atoms with Crippen LogP contribution in [0.1, 0.15) is 51.0 Å². The van der Waals surface area contributed by atoms with E-state index in [1.54, 1.807) is 45.0 Å². The van der Waals surface area contributed by atoms with Gasteiger partial charge in [-0.25, -0.2) is 9.78 Å². The van der Waals surface area contributed by atoms with E-state index in [1.807, 2.05) is 31.2 Å². The highest BCUT2D eigenvalue weighted by molar-refractivity contribution is 7.20. The van der Waals surface area contributed by atoms with Crippen molar-refractivity contribution in [3.8, 4) is 0 Å². The maximum atomic E-state index is 13.3. The summed E-state index contributed by atoms with van der Waals surface area (Å²) in [5, 5.41) is 5.94. The lowest BCUT2D eigenvalue weighted by molar-refractivity contribution is -0.118. The van der Waals surface area contributed by atoms with Gasteiger partial charge in [-0.3, -0.25) is 19.0 Å². The second-order valence-electron chi connectivity index (χ2n) is 8.43. The highest BCUT2D eigenvalue weighted by atomic mass is 32.1. The van der Waals surface area contributed by atoms with Gasteiger partial charge in [0, 0.05) is 11.4 Å². The lowest BCUT2D eigenvalue weighted by Gasteiger charge is -2.15. The molecule has 0 spiro atoms. The molecule has 9 nitrogen and oxygen atoms in total. The van der Waals surface area contributed by atoms with E-state index in [0.717, 1.165) is 16.9 Å². The summed E-state index contributed by atoms with van der Waals surface area (Å²) in [6.07, 6.45) is 1.32. The van der Waals surface area contributed by atoms with E-state index >= 15 is 0 Å². The monoisotopic (exact) mass is 518 g/mol. The number of anilines is 2. The lowest BCUT2D eigenvalue weighted by atomic mass is 10.1. The SMILES string of the molecule is CCOC(=O)c1ccc(NC(=O)C(C)n2cnc3sc(C(=O)Nc4ccccc4C)c(C)c3c2=O)cc1. The number of thiophene rings is 1. The van der Waals surface area contributed by atoms with E-state index < -0.39 is 23.5 Å². The maximum absolute atomic E-state index is 13.3. The number of benzene rings is 2. The summed E-state index contributed by atoms with van der Waals surface area (Å²) in [7, 11) is 0. The van der Waals surface area contributed by atoms with Crippen LogP contribution >= 0.6 is 11.3 Å². The Morgan fingerprint density at radius 2 is 1.76 bits per heavy atom. The number of nitrogens with zero attached hydrogens (tertiary/aromatic N) is 2. The molecule has 4 aromatic rings. The summed E-state index contributed by atoms with van der Waals surface area (Å²) in [6.45, 7) is 7.18. The molecular weight excluding hydrogens is 492 g/mol. The Kier molecular flexibility index (Phi) is 7.49. The Balaban J connectivity index is 1.56. The first-order chi connectivity index (χ1) is 17.7. The third-order valence-electron chi connectivity index (χ3n) is 5.94. The van der Waals surface area contributed by atoms with Gasteiger partial charge in [0.25, 0.3) is 11.5 Å². The minimum absolute atomic E-state index is 0.268. The molecule has 2 aromatic carbocycles. The highest BCUT2D eigenvalue weighted by Crippen LogP contribution is 2.28. The Bertz CT molecular complexity index is 1560. The number of aromatic nitrogens is 2. The summed E-state index contributed by atoms with van der Waals surface area (Å²) in [5.41, 5.74) is 2.55. The van der Waals surface area contributed by atoms with Crippen LogP contribution in [0.25, 0.3) is 10.2 Å². The molecule has 0 saturated heterocycles. The first kappa shape index (κ1) is 25.8. The molecule has 1 unspecified atom stereocenters. The molecule has 2 heterocycles. The Morgan fingerprint density at radius 1 is 1.05 bits per heavy atom. The van der Waals surface area contributed by atoms with Crippen molar-refractivity contribution in [2.24, 2.45) is 0 Å². The lowest BCUT2D eigenvalue weighted by Crippen LogP contribution is -2.31. The van der Waals surface area contributed by atoms with Crippen molar-refractivity contribution in [2.45, 2.75) is 33.7 Å². The molecular formula is C27H26N4O5S. The number of aryl methyl sites for hydroxylation is 2. The number of rotatable bonds is 7. The Hall–Kier alpha value is -4.31. The zero-order valence-electron chi connectivity index (χ0n) is 20.8. The number of fused-ring (bicyclic) bond motifs is 1. The van der Waals surface area contributed by atoms with Crippen LogP contribution in [0.3, 0.4) is 0 Å². The van der Waals surface area contributed by atoms with Crippen molar-refractivity contribution in [3.05, 3.63) is 86.8 Å². The fourth-order valence-corrected chi connectivity index (χ4v) is 4.83. The molecule has 190 valence electrons. The van der Waals surface area contributed by atoms with Crippen LogP contribution in [-0.2, 0) is 9.53 Å². The third kappa shape index (κ3) is 5.29. The van der Waals surface area contributed by atoms with Gasteiger partial charge in [0.15, 0.2) is 0 Å². The number of amides is 2. The summed E-state index contributed by atoms with van der Waals surface area (Å²) in [4.78, 5) is 56.2. The molecule has 0 aliphatic rings. The van der Waals surface area contributed by atoms with Gasteiger partial charge in [0.05, 0.1) is 28.8 Å². The average molecular weight is 519 g/mol. The molecule has 2 aromatic heterocycles. The van der Waals surface area contributed by atoms with Crippen LogP contribution in [0.2, 0.25) is 0 Å². The summed E-state index contributed by atoms with van der Waals surface area (Å²) in [5.74, 6) is -1.20. The van der Waals surface area contributed by atoms with E-state index in [0.29, 0.717) is 37.6 Å². The average Bonchev–Trinajstić information content (AvgIpc) is 3.23. The molecule has 4 rings (SSSR count). The van der Waals surface area contributed by atoms with Gasteiger partial charge in [0.2, 0.25) is 5.91 Å². The molecule has 1 atom stereocenters. The van der Waals surface area contributed by atoms with Gasteiger partial charge in [-0.2, -0.15) is 0 Å². The van der Waals surface area contributed by atoms with Crippen molar-refractivity contribution >= 4 is 50.7 Å². The van der Waals surface area contributed by atoms with Gasteiger partial charge in [-0.15, -0.1) is 11.3 Å². The van der Waals surface area contributed by atoms with Crippen molar-refractivity contribution < 1.29 is 19.1 Å². The Labute approximate surface area is 217 Å². The van der Waals surface area contributed by atoms with Crippen LogP contribution in [0, 0.1) is 13.8 Å². The molecule has 37 heavy (non-hydrogen) atoms. The molecule has 0 bridgehead atoms. The van der Waals surface area contributed by atoms with E-state index in [2.05, 4.69) is 15.6 Å². The zero-order chi connectivity index (χ0) is 26.7. The number of carbonyl (C=O) groups is 3. The van der Waals surface area contributed by atoms with E-state index in [1.165, 1.54) is 10.9 Å².